The van der Waals surface area contributed by atoms with E-state index >= 15 is 0 Å². The number of nitrogens with zero attached hydrogens (tertiary/aromatic N) is 3. The Hall–Kier alpha value is -2.51. The van der Waals surface area contributed by atoms with Crippen LogP contribution in [0.1, 0.15) is 49.7 Å². The molecule has 4 rings (SSSR count). The van der Waals surface area contributed by atoms with Crippen molar-refractivity contribution in [3.63, 3.8) is 0 Å². The minimum atomic E-state index is -3.64. The number of hydrogen-bond acceptors (Lipinski definition) is 5. The second kappa shape index (κ2) is 8.32. The molecule has 1 aromatic heterocycles. The lowest BCUT2D eigenvalue weighted by Gasteiger charge is -2.21. The van der Waals surface area contributed by atoms with E-state index in [0.717, 1.165) is 29.5 Å². The SMILES string of the molecule is Cc1cccc(-c2noc([C@@H]3CCCN3S(=O)(=O)c3ccc(CC(C)C)cc3)n2)c1. The molecule has 1 saturated heterocycles. The van der Waals surface area contributed by atoms with Gasteiger partial charge in [-0.25, -0.2) is 8.42 Å². The van der Waals surface area contributed by atoms with Gasteiger partial charge in [-0.1, -0.05) is 54.9 Å². The smallest absolute Gasteiger partial charge is 0.245 e. The van der Waals surface area contributed by atoms with Gasteiger partial charge in [0.05, 0.1) is 4.90 Å². The third kappa shape index (κ3) is 4.18. The van der Waals surface area contributed by atoms with Gasteiger partial charge in [0.15, 0.2) is 0 Å². The van der Waals surface area contributed by atoms with Crippen molar-refractivity contribution in [3.05, 3.63) is 65.5 Å². The van der Waals surface area contributed by atoms with E-state index in [2.05, 4.69) is 24.0 Å². The minimum Gasteiger partial charge on any atom is -0.337 e. The molecule has 0 aliphatic carbocycles. The highest BCUT2D eigenvalue weighted by molar-refractivity contribution is 7.89. The predicted octanol–water partition coefficient (Wildman–Crippen LogP) is 4.77. The van der Waals surface area contributed by atoms with Crippen molar-refractivity contribution in [2.45, 2.75) is 51.0 Å². The molecule has 7 heteroatoms. The molecule has 0 spiro atoms. The number of hydrogen-bond donors (Lipinski definition) is 0. The molecular weight excluding hydrogens is 398 g/mol. The van der Waals surface area contributed by atoms with Crippen LogP contribution >= 0.6 is 0 Å². The summed E-state index contributed by atoms with van der Waals surface area (Å²) in [6, 6.07) is 14.6. The largest absolute Gasteiger partial charge is 0.337 e. The highest BCUT2D eigenvalue weighted by Gasteiger charge is 2.39. The Morgan fingerprint density at radius 1 is 1.17 bits per heavy atom. The van der Waals surface area contributed by atoms with Gasteiger partial charge in [-0.05, 0) is 55.9 Å². The first kappa shape index (κ1) is 20.8. The summed E-state index contributed by atoms with van der Waals surface area (Å²) >= 11 is 0. The van der Waals surface area contributed by atoms with Gasteiger partial charge >= 0.3 is 0 Å². The summed E-state index contributed by atoms with van der Waals surface area (Å²) in [7, 11) is -3.64. The number of rotatable bonds is 6. The third-order valence-corrected chi connectivity index (χ3v) is 7.30. The average Bonchev–Trinajstić information content (AvgIpc) is 3.38. The van der Waals surface area contributed by atoms with Crippen molar-refractivity contribution in [2.75, 3.05) is 6.54 Å². The summed E-state index contributed by atoms with van der Waals surface area (Å²) in [5.74, 6) is 1.36. The Morgan fingerprint density at radius 2 is 1.93 bits per heavy atom. The zero-order chi connectivity index (χ0) is 21.3. The van der Waals surface area contributed by atoms with E-state index in [1.165, 1.54) is 4.31 Å². The minimum absolute atomic E-state index is 0.306. The maximum Gasteiger partial charge on any atom is 0.245 e. The van der Waals surface area contributed by atoms with Gasteiger partial charge in [0.2, 0.25) is 21.7 Å². The lowest BCUT2D eigenvalue weighted by Crippen LogP contribution is -2.30. The fourth-order valence-electron chi connectivity index (χ4n) is 3.95. The first-order valence-electron chi connectivity index (χ1n) is 10.4. The summed E-state index contributed by atoms with van der Waals surface area (Å²) in [5, 5.41) is 4.09. The first-order chi connectivity index (χ1) is 14.3. The van der Waals surface area contributed by atoms with Crippen LogP contribution in [0, 0.1) is 12.8 Å². The summed E-state index contributed by atoms with van der Waals surface area (Å²) < 4.78 is 33.6. The summed E-state index contributed by atoms with van der Waals surface area (Å²) in [5.41, 5.74) is 3.10. The van der Waals surface area contributed by atoms with Crippen LogP contribution in [0.5, 0.6) is 0 Å². The van der Waals surface area contributed by atoms with Crippen molar-refractivity contribution < 1.29 is 12.9 Å². The van der Waals surface area contributed by atoms with Crippen LogP contribution in [-0.2, 0) is 16.4 Å². The van der Waals surface area contributed by atoms with Crippen LogP contribution in [0.2, 0.25) is 0 Å². The molecule has 1 aliphatic heterocycles. The van der Waals surface area contributed by atoms with Crippen LogP contribution < -0.4 is 0 Å². The van der Waals surface area contributed by atoms with Crippen molar-refractivity contribution in [1.82, 2.24) is 14.4 Å². The summed E-state index contributed by atoms with van der Waals surface area (Å²) in [6.07, 6.45) is 2.36. The molecule has 1 aliphatic rings. The van der Waals surface area contributed by atoms with Crippen molar-refractivity contribution >= 4 is 10.0 Å². The zero-order valence-corrected chi connectivity index (χ0v) is 18.4. The molecular formula is C23H27N3O3S. The molecule has 0 N–H and O–H groups in total. The van der Waals surface area contributed by atoms with Crippen LogP contribution in [0.3, 0.4) is 0 Å². The molecule has 3 aromatic rings. The molecule has 0 saturated carbocycles. The third-order valence-electron chi connectivity index (χ3n) is 5.38. The molecule has 6 nitrogen and oxygen atoms in total. The number of aromatic nitrogens is 2. The van der Waals surface area contributed by atoms with E-state index in [9.17, 15) is 8.42 Å². The maximum atomic E-state index is 13.3. The Morgan fingerprint density at radius 3 is 2.63 bits per heavy atom. The Balaban J connectivity index is 1.59. The highest BCUT2D eigenvalue weighted by atomic mass is 32.2. The van der Waals surface area contributed by atoms with Gasteiger partial charge in [0.1, 0.15) is 6.04 Å². The van der Waals surface area contributed by atoms with Gasteiger partial charge in [-0.2, -0.15) is 9.29 Å². The van der Waals surface area contributed by atoms with Crippen LogP contribution in [0.4, 0.5) is 0 Å². The summed E-state index contributed by atoms with van der Waals surface area (Å²) in [6.45, 7) is 6.74. The van der Waals surface area contributed by atoms with Crippen molar-refractivity contribution in [2.24, 2.45) is 5.92 Å². The van der Waals surface area contributed by atoms with Gasteiger partial charge in [0, 0.05) is 12.1 Å². The van der Waals surface area contributed by atoms with E-state index in [1.807, 2.05) is 43.3 Å². The second-order valence-corrected chi connectivity index (χ2v) is 10.2. The predicted molar refractivity (Wildman–Crippen MR) is 115 cm³/mol. The monoisotopic (exact) mass is 425 g/mol. The van der Waals surface area contributed by atoms with Gasteiger partial charge < -0.3 is 4.52 Å². The number of sulfonamides is 1. The van der Waals surface area contributed by atoms with E-state index in [1.54, 1.807) is 12.1 Å². The quantitative estimate of drug-likeness (QED) is 0.569. The Kier molecular flexibility index (Phi) is 5.75. The first-order valence-corrected chi connectivity index (χ1v) is 11.8. The van der Waals surface area contributed by atoms with E-state index < -0.39 is 16.1 Å². The standard InChI is InChI=1S/C23H27N3O3S/c1-16(2)14-18-9-11-20(12-10-18)30(27,28)26-13-5-8-21(26)23-24-22(25-29-23)19-7-4-6-17(3)15-19/h4,6-7,9-12,15-16,21H,5,8,13-14H2,1-3H3/t21-/m0/s1. The summed E-state index contributed by atoms with van der Waals surface area (Å²) in [4.78, 5) is 4.83. The molecule has 0 radical (unpaired) electrons. The van der Waals surface area contributed by atoms with Gasteiger partial charge in [-0.15, -0.1) is 0 Å². The lowest BCUT2D eigenvalue weighted by molar-refractivity contribution is 0.290. The molecule has 2 aromatic carbocycles. The molecule has 158 valence electrons. The second-order valence-electron chi connectivity index (χ2n) is 8.34. The normalized spacial score (nSPS) is 17.7. The average molecular weight is 426 g/mol. The van der Waals surface area contributed by atoms with Gasteiger partial charge in [0.25, 0.3) is 0 Å². The Bertz CT molecular complexity index is 1120. The number of benzene rings is 2. The fourth-order valence-corrected chi connectivity index (χ4v) is 5.60. The topological polar surface area (TPSA) is 76.3 Å². The van der Waals surface area contributed by atoms with E-state index in [-0.39, 0.29) is 0 Å². The van der Waals surface area contributed by atoms with Crippen molar-refractivity contribution in [1.29, 1.82) is 0 Å². The molecule has 0 bridgehead atoms. The van der Waals surface area contributed by atoms with E-state index in [0.29, 0.717) is 35.5 Å². The van der Waals surface area contributed by atoms with E-state index in [4.69, 9.17) is 4.52 Å². The molecule has 0 unspecified atom stereocenters. The zero-order valence-electron chi connectivity index (χ0n) is 17.6. The molecule has 1 fully saturated rings. The molecule has 0 amide bonds. The van der Waals surface area contributed by atoms with Gasteiger partial charge in [-0.3, -0.25) is 0 Å². The lowest BCUT2D eigenvalue weighted by atomic mass is 10.0. The Labute approximate surface area is 178 Å². The van der Waals surface area contributed by atoms with Crippen LogP contribution in [0.25, 0.3) is 11.4 Å². The fraction of sp³-hybridized carbons (Fsp3) is 0.391. The maximum absolute atomic E-state index is 13.3. The molecule has 1 atom stereocenters. The number of aryl methyl sites for hydroxylation is 1. The van der Waals surface area contributed by atoms with Crippen molar-refractivity contribution in [3.8, 4) is 11.4 Å². The highest BCUT2D eigenvalue weighted by Crippen LogP contribution is 2.36. The molecule has 2 heterocycles. The molecule has 30 heavy (non-hydrogen) atoms. The van der Waals surface area contributed by atoms with Crippen LogP contribution in [-0.4, -0.2) is 29.4 Å². The van der Waals surface area contributed by atoms with Crippen LogP contribution in [0.15, 0.2) is 57.9 Å².